The summed E-state index contributed by atoms with van der Waals surface area (Å²) in [6, 6.07) is 9.41. The Hall–Kier alpha value is -3.34. The predicted molar refractivity (Wildman–Crippen MR) is 135 cm³/mol. The van der Waals surface area contributed by atoms with Crippen LogP contribution in [0.2, 0.25) is 0 Å². The van der Waals surface area contributed by atoms with Gasteiger partial charge in [0.25, 0.3) is 5.91 Å². The molecule has 200 valence electrons. The molecule has 2 heterocycles. The molecule has 3 rings (SSSR count). The monoisotopic (exact) mass is 533 g/mol. The van der Waals surface area contributed by atoms with Crippen molar-refractivity contribution >= 4 is 25.5 Å². The molecular formula is C24H32N5O7P. The first-order chi connectivity index (χ1) is 17.7. The number of nitrogens with one attached hydrogen (secondary N) is 1. The summed E-state index contributed by atoms with van der Waals surface area (Å²) in [5.41, 5.74) is 1.32. The topological polar surface area (TPSA) is 151 Å². The molecule has 0 spiro atoms. The number of nitrogens with zero attached hydrogens (tertiary/aromatic N) is 4. The quantitative estimate of drug-likeness (QED) is 0.439. The van der Waals surface area contributed by atoms with Crippen LogP contribution in [0.5, 0.6) is 0 Å². The zero-order chi connectivity index (χ0) is 27.0. The van der Waals surface area contributed by atoms with E-state index in [0.717, 1.165) is 5.56 Å². The van der Waals surface area contributed by atoms with E-state index in [1.807, 2.05) is 30.3 Å². The molecule has 0 bridgehead atoms. The van der Waals surface area contributed by atoms with Gasteiger partial charge in [-0.2, -0.15) is 0 Å². The predicted octanol–water partition coefficient (Wildman–Crippen LogP) is 2.64. The summed E-state index contributed by atoms with van der Waals surface area (Å²) in [6.07, 6.45) is -1.45. The number of benzene rings is 1. The number of amides is 3. The second-order valence-electron chi connectivity index (χ2n) is 8.33. The molecule has 0 aliphatic carbocycles. The third-order valence-corrected chi connectivity index (χ3v) is 7.76. The fourth-order valence-corrected chi connectivity index (χ4v) is 5.68. The molecule has 1 aliphatic heterocycles. The Balaban J connectivity index is 1.86. The number of rotatable bonds is 10. The zero-order valence-corrected chi connectivity index (χ0v) is 22.0. The van der Waals surface area contributed by atoms with Crippen molar-refractivity contribution < 1.29 is 33.1 Å². The second kappa shape index (κ2) is 12.8. The second-order valence-corrected chi connectivity index (χ2v) is 10.4. The summed E-state index contributed by atoms with van der Waals surface area (Å²) < 4.78 is 24.0. The van der Waals surface area contributed by atoms with E-state index in [2.05, 4.69) is 15.3 Å². The van der Waals surface area contributed by atoms with Crippen LogP contribution >= 0.6 is 7.60 Å². The first-order valence-electron chi connectivity index (χ1n) is 12.0. The van der Waals surface area contributed by atoms with Crippen LogP contribution in [-0.2, 0) is 18.4 Å². The fraction of sp³-hybridized carbons (Fsp3) is 0.458. The molecule has 0 unspecified atom stereocenters. The Morgan fingerprint density at radius 1 is 1.03 bits per heavy atom. The van der Waals surface area contributed by atoms with Gasteiger partial charge < -0.3 is 29.3 Å². The molecule has 37 heavy (non-hydrogen) atoms. The van der Waals surface area contributed by atoms with E-state index in [9.17, 15) is 24.1 Å². The highest BCUT2D eigenvalue weighted by Crippen LogP contribution is 2.48. The number of carboxylic acid groups (broad SMARTS) is 1. The number of carbonyl (C=O) groups is 3. The number of aryl methyl sites for hydroxylation is 1. The van der Waals surface area contributed by atoms with Gasteiger partial charge in [0.15, 0.2) is 5.82 Å². The zero-order valence-electron chi connectivity index (χ0n) is 21.1. The third-order valence-electron chi connectivity index (χ3n) is 5.64. The molecule has 12 nitrogen and oxygen atoms in total. The normalized spacial score (nSPS) is 14.8. The molecule has 3 amide bonds. The Bertz CT molecular complexity index is 1150. The van der Waals surface area contributed by atoms with E-state index in [1.54, 1.807) is 20.8 Å². The van der Waals surface area contributed by atoms with Gasteiger partial charge in [0, 0.05) is 37.4 Å². The van der Waals surface area contributed by atoms with Crippen molar-refractivity contribution in [1.82, 2.24) is 25.1 Å². The van der Waals surface area contributed by atoms with E-state index in [-0.39, 0.29) is 51.2 Å². The van der Waals surface area contributed by atoms with Crippen LogP contribution in [0.4, 0.5) is 4.79 Å². The molecule has 1 saturated heterocycles. The van der Waals surface area contributed by atoms with Crippen molar-refractivity contribution in [3.8, 4) is 11.4 Å². The van der Waals surface area contributed by atoms with Crippen LogP contribution in [-0.4, -0.2) is 94.4 Å². The van der Waals surface area contributed by atoms with E-state index in [4.69, 9.17) is 9.05 Å². The lowest BCUT2D eigenvalue weighted by Gasteiger charge is -2.35. The van der Waals surface area contributed by atoms with Crippen LogP contribution < -0.4 is 5.32 Å². The Morgan fingerprint density at radius 2 is 1.62 bits per heavy atom. The number of hydrogen-bond donors (Lipinski definition) is 2. The number of hydrogen-bond acceptors (Lipinski definition) is 8. The average Bonchev–Trinajstić information content (AvgIpc) is 2.88. The van der Waals surface area contributed by atoms with Gasteiger partial charge in [-0.25, -0.2) is 14.8 Å². The molecule has 1 fully saturated rings. The van der Waals surface area contributed by atoms with Gasteiger partial charge >= 0.3 is 13.7 Å². The van der Waals surface area contributed by atoms with Crippen molar-refractivity contribution in [3.63, 3.8) is 0 Å². The largest absolute Gasteiger partial charge is 0.465 e. The molecule has 0 saturated carbocycles. The molecule has 0 radical (unpaired) electrons. The first-order valence-corrected chi connectivity index (χ1v) is 13.7. The van der Waals surface area contributed by atoms with Gasteiger partial charge in [-0.15, -0.1) is 0 Å². The lowest BCUT2D eigenvalue weighted by atomic mass is 10.2. The maximum absolute atomic E-state index is 13.5. The standard InChI is InChI=1S/C24H32N5O7P/c1-4-35-37(34,36-5-2)16-20(23(31)28-11-13-29(14-12-28)24(32)33)27-22(30)19-15-17(3)25-21(26-19)18-9-7-6-8-10-18/h6-10,15,20H,4-5,11-14,16H2,1-3H3,(H,27,30)(H,32,33)/t20-/m0/s1. The van der Waals surface area contributed by atoms with Crippen molar-refractivity contribution in [2.45, 2.75) is 26.8 Å². The average molecular weight is 534 g/mol. The van der Waals surface area contributed by atoms with Crippen molar-refractivity contribution in [1.29, 1.82) is 0 Å². The summed E-state index contributed by atoms with van der Waals surface area (Å²) in [6.45, 7) is 5.75. The van der Waals surface area contributed by atoms with E-state index < -0.39 is 31.5 Å². The first kappa shape index (κ1) is 28.2. The maximum atomic E-state index is 13.5. The van der Waals surface area contributed by atoms with Gasteiger partial charge in [0.05, 0.1) is 19.4 Å². The summed E-state index contributed by atoms with van der Waals surface area (Å²) in [7, 11) is -3.72. The van der Waals surface area contributed by atoms with Gasteiger partial charge in [-0.3, -0.25) is 14.2 Å². The van der Waals surface area contributed by atoms with Crippen molar-refractivity contribution in [2.24, 2.45) is 0 Å². The van der Waals surface area contributed by atoms with Crippen LogP contribution in [0.3, 0.4) is 0 Å². The molecule has 1 aromatic carbocycles. The van der Waals surface area contributed by atoms with Gasteiger partial charge in [0.1, 0.15) is 11.7 Å². The minimum atomic E-state index is -3.72. The summed E-state index contributed by atoms with van der Waals surface area (Å²) >= 11 is 0. The minimum Gasteiger partial charge on any atom is -0.465 e. The highest BCUT2D eigenvalue weighted by Gasteiger charge is 2.37. The number of piperazine rings is 1. The molecule has 1 aromatic heterocycles. The third kappa shape index (κ3) is 7.58. The van der Waals surface area contributed by atoms with E-state index in [1.165, 1.54) is 15.9 Å². The lowest BCUT2D eigenvalue weighted by Crippen LogP contribution is -2.56. The van der Waals surface area contributed by atoms with Gasteiger partial charge in [-0.05, 0) is 26.8 Å². The fourth-order valence-electron chi connectivity index (χ4n) is 3.92. The van der Waals surface area contributed by atoms with Crippen LogP contribution in [0, 0.1) is 6.92 Å². The number of aromatic nitrogens is 2. The smallest absolute Gasteiger partial charge is 0.407 e. The van der Waals surface area contributed by atoms with E-state index in [0.29, 0.717) is 11.5 Å². The number of carbonyl (C=O) groups excluding carboxylic acids is 2. The molecule has 13 heteroatoms. The van der Waals surface area contributed by atoms with Crippen LogP contribution in [0.15, 0.2) is 36.4 Å². The van der Waals surface area contributed by atoms with Gasteiger partial charge in [-0.1, -0.05) is 30.3 Å². The Kier molecular flexibility index (Phi) is 9.73. The Labute approximate surface area is 215 Å². The van der Waals surface area contributed by atoms with Gasteiger partial charge in [0.2, 0.25) is 5.91 Å². The summed E-state index contributed by atoms with van der Waals surface area (Å²) in [4.78, 5) is 49.4. The van der Waals surface area contributed by atoms with Crippen molar-refractivity contribution in [3.05, 3.63) is 47.8 Å². The highest BCUT2D eigenvalue weighted by atomic mass is 31.2. The summed E-state index contributed by atoms with van der Waals surface area (Å²) in [5, 5.41) is 11.9. The molecule has 1 aliphatic rings. The van der Waals surface area contributed by atoms with Crippen LogP contribution in [0.25, 0.3) is 11.4 Å². The van der Waals surface area contributed by atoms with Crippen molar-refractivity contribution in [2.75, 3.05) is 45.6 Å². The molecule has 2 aromatic rings. The Morgan fingerprint density at radius 3 is 2.19 bits per heavy atom. The lowest BCUT2D eigenvalue weighted by molar-refractivity contribution is -0.134. The molecule has 2 N–H and O–H groups in total. The maximum Gasteiger partial charge on any atom is 0.407 e. The molecule has 1 atom stereocenters. The van der Waals surface area contributed by atoms with Crippen LogP contribution in [0.1, 0.15) is 30.0 Å². The van der Waals surface area contributed by atoms with E-state index >= 15 is 0 Å². The molecular weight excluding hydrogens is 501 g/mol. The summed E-state index contributed by atoms with van der Waals surface area (Å²) in [5.74, 6) is -0.801. The highest BCUT2D eigenvalue weighted by molar-refractivity contribution is 7.54. The minimum absolute atomic E-state index is 0.0440. The SMILES string of the molecule is CCOP(=O)(C[C@H](NC(=O)c1cc(C)nc(-c2ccccc2)n1)C(=O)N1CCN(C(=O)O)CC1)OCC.